The molecule has 2 aromatic heterocycles. The number of halogens is 1. The van der Waals surface area contributed by atoms with Crippen LogP contribution in [0.25, 0.3) is 0 Å². The summed E-state index contributed by atoms with van der Waals surface area (Å²) in [5.41, 5.74) is 0. The van der Waals surface area contributed by atoms with Crippen molar-refractivity contribution in [3.63, 3.8) is 0 Å². The van der Waals surface area contributed by atoms with E-state index in [-0.39, 0.29) is 18.3 Å². The van der Waals surface area contributed by atoms with Crippen molar-refractivity contribution in [2.75, 3.05) is 5.32 Å². The Kier molecular flexibility index (Phi) is 6.65. The minimum absolute atomic E-state index is 0.145. The second-order valence-corrected chi connectivity index (χ2v) is 7.42. The number of nitrogens with zero attached hydrogens (tertiary/aromatic N) is 4. The SMILES string of the molecule is C=CCn1c(COc2ccc(F)cc2)nnc1S[C@@H](C)C(=O)Nc1cc(C)on1. The fraction of sp³-hybridized carbons (Fsp3) is 0.263. The largest absolute Gasteiger partial charge is 0.486 e. The van der Waals surface area contributed by atoms with Crippen LogP contribution >= 0.6 is 11.8 Å². The Morgan fingerprint density at radius 3 is 2.83 bits per heavy atom. The van der Waals surface area contributed by atoms with Gasteiger partial charge in [0.15, 0.2) is 16.8 Å². The van der Waals surface area contributed by atoms with E-state index in [4.69, 9.17) is 9.26 Å². The highest BCUT2D eigenvalue weighted by atomic mass is 32.2. The maximum atomic E-state index is 13.0. The van der Waals surface area contributed by atoms with E-state index in [1.54, 1.807) is 26.0 Å². The van der Waals surface area contributed by atoms with Gasteiger partial charge in [-0.2, -0.15) is 0 Å². The van der Waals surface area contributed by atoms with E-state index < -0.39 is 5.25 Å². The monoisotopic (exact) mass is 417 g/mol. The minimum atomic E-state index is -0.453. The number of aromatic nitrogens is 4. The summed E-state index contributed by atoms with van der Waals surface area (Å²) in [6.45, 7) is 7.85. The number of benzene rings is 1. The number of hydrogen-bond acceptors (Lipinski definition) is 7. The van der Waals surface area contributed by atoms with Gasteiger partial charge in [-0.1, -0.05) is 23.0 Å². The van der Waals surface area contributed by atoms with Crippen LogP contribution in [0.15, 0.2) is 52.7 Å². The molecule has 1 aromatic carbocycles. The van der Waals surface area contributed by atoms with E-state index in [9.17, 15) is 9.18 Å². The number of hydrogen-bond donors (Lipinski definition) is 1. The molecule has 0 fully saturated rings. The number of ether oxygens (including phenoxy) is 1. The summed E-state index contributed by atoms with van der Waals surface area (Å²) < 4.78 is 25.4. The number of carbonyl (C=O) groups excluding carboxylic acids is 1. The van der Waals surface area contributed by atoms with E-state index in [1.165, 1.54) is 36.0 Å². The second kappa shape index (κ2) is 9.37. The zero-order valence-electron chi connectivity index (χ0n) is 16.0. The highest BCUT2D eigenvalue weighted by Gasteiger charge is 2.21. The third kappa shape index (κ3) is 5.44. The average molecular weight is 417 g/mol. The molecule has 0 aliphatic heterocycles. The number of aryl methyl sites for hydroxylation is 1. The normalized spacial score (nSPS) is 11.8. The lowest BCUT2D eigenvalue weighted by molar-refractivity contribution is -0.115. The molecule has 0 spiro atoms. The Labute approximate surface area is 171 Å². The second-order valence-electron chi connectivity index (χ2n) is 6.11. The summed E-state index contributed by atoms with van der Waals surface area (Å²) in [6, 6.07) is 7.36. The molecule has 0 unspecified atom stereocenters. The van der Waals surface area contributed by atoms with E-state index in [2.05, 4.69) is 27.2 Å². The standard InChI is InChI=1S/C19H20FN5O3S/c1-4-9-25-17(11-27-15-7-5-14(20)6-8-15)22-23-19(25)29-13(3)18(26)21-16-10-12(2)28-24-16/h4-8,10,13H,1,9,11H2,2-3H3,(H,21,24,26)/t13-/m0/s1. The topological polar surface area (TPSA) is 95.1 Å². The summed E-state index contributed by atoms with van der Waals surface area (Å²) in [7, 11) is 0. The number of carbonyl (C=O) groups is 1. The summed E-state index contributed by atoms with van der Waals surface area (Å²) >= 11 is 1.25. The van der Waals surface area contributed by atoms with Gasteiger partial charge in [-0.25, -0.2) is 4.39 Å². The number of nitrogens with one attached hydrogen (secondary N) is 1. The van der Waals surface area contributed by atoms with Gasteiger partial charge in [0.1, 0.15) is 23.9 Å². The van der Waals surface area contributed by atoms with Crippen molar-refractivity contribution in [2.45, 2.75) is 37.4 Å². The molecule has 0 radical (unpaired) electrons. The lowest BCUT2D eigenvalue weighted by atomic mass is 10.3. The lowest BCUT2D eigenvalue weighted by Gasteiger charge is -2.12. The summed E-state index contributed by atoms with van der Waals surface area (Å²) in [5, 5.41) is 14.9. The Morgan fingerprint density at radius 1 is 1.41 bits per heavy atom. The van der Waals surface area contributed by atoms with Gasteiger partial charge in [0.25, 0.3) is 0 Å². The molecular formula is C19H20FN5O3S. The molecule has 0 aliphatic rings. The van der Waals surface area contributed by atoms with Crippen LogP contribution in [-0.2, 0) is 17.9 Å². The molecular weight excluding hydrogens is 397 g/mol. The van der Waals surface area contributed by atoms with Gasteiger partial charge < -0.3 is 14.6 Å². The number of rotatable bonds is 9. The minimum Gasteiger partial charge on any atom is -0.486 e. The molecule has 8 nitrogen and oxygen atoms in total. The van der Waals surface area contributed by atoms with Crippen LogP contribution in [-0.4, -0.2) is 31.1 Å². The Morgan fingerprint density at radius 2 is 2.17 bits per heavy atom. The summed E-state index contributed by atoms with van der Waals surface area (Å²) in [4.78, 5) is 12.4. The van der Waals surface area contributed by atoms with Crippen molar-refractivity contribution in [2.24, 2.45) is 0 Å². The van der Waals surface area contributed by atoms with Gasteiger partial charge in [0.05, 0.1) is 5.25 Å². The van der Waals surface area contributed by atoms with Crippen molar-refractivity contribution in [3.05, 3.63) is 60.4 Å². The summed E-state index contributed by atoms with van der Waals surface area (Å²) in [6.07, 6.45) is 1.71. The highest BCUT2D eigenvalue weighted by molar-refractivity contribution is 8.00. The number of anilines is 1. The molecule has 1 amide bonds. The van der Waals surface area contributed by atoms with Gasteiger partial charge >= 0.3 is 0 Å². The first-order valence-corrected chi connectivity index (χ1v) is 9.66. The average Bonchev–Trinajstić information content (AvgIpc) is 3.28. The van der Waals surface area contributed by atoms with E-state index >= 15 is 0 Å². The molecule has 2 heterocycles. The predicted octanol–water partition coefficient (Wildman–Crippen LogP) is 3.60. The molecule has 0 saturated heterocycles. The van der Waals surface area contributed by atoms with E-state index in [0.29, 0.717) is 34.9 Å². The molecule has 29 heavy (non-hydrogen) atoms. The first kappa shape index (κ1) is 20.6. The molecule has 0 bridgehead atoms. The van der Waals surface area contributed by atoms with Crippen molar-refractivity contribution >= 4 is 23.5 Å². The van der Waals surface area contributed by atoms with Crippen molar-refractivity contribution in [1.82, 2.24) is 19.9 Å². The molecule has 0 aliphatic carbocycles. The third-order valence-electron chi connectivity index (χ3n) is 3.82. The number of allylic oxidation sites excluding steroid dienone is 1. The smallest absolute Gasteiger partial charge is 0.238 e. The molecule has 152 valence electrons. The van der Waals surface area contributed by atoms with E-state index in [1.807, 2.05) is 4.57 Å². The molecule has 3 rings (SSSR count). The quantitative estimate of drug-likeness (QED) is 0.420. The Hall–Kier alpha value is -3.14. The van der Waals surface area contributed by atoms with Crippen LogP contribution in [0.4, 0.5) is 10.2 Å². The van der Waals surface area contributed by atoms with Crippen LogP contribution in [0.5, 0.6) is 5.75 Å². The Bertz CT molecular complexity index is 986. The first-order valence-electron chi connectivity index (χ1n) is 8.78. The highest BCUT2D eigenvalue weighted by Crippen LogP contribution is 2.24. The maximum Gasteiger partial charge on any atom is 0.238 e. The van der Waals surface area contributed by atoms with Crippen LogP contribution in [0.2, 0.25) is 0 Å². The molecule has 3 aromatic rings. The zero-order chi connectivity index (χ0) is 20.8. The molecule has 1 N–H and O–H groups in total. The first-order chi connectivity index (χ1) is 14.0. The predicted molar refractivity (Wildman–Crippen MR) is 106 cm³/mol. The van der Waals surface area contributed by atoms with Crippen molar-refractivity contribution < 1.29 is 18.4 Å². The van der Waals surface area contributed by atoms with E-state index in [0.717, 1.165) is 0 Å². The van der Waals surface area contributed by atoms with Crippen LogP contribution in [0, 0.1) is 12.7 Å². The maximum absolute atomic E-state index is 13.0. The van der Waals surface area contributed by atoms with Gasteiger partial charge in [-0.3, -0.25) is 9.36 Å². The summed E-state index contributed by atoms with van der Waals surface area (Å²) in [5.74, 6) is 1.48. The molecule has 1 atom stereocenters. The van der Waals surface area contributed by atoms with Crippen LogP contribution in [0.3, 0.4) is 0 Å². The van der Waals surface area contributed by atoms with Gasteiger partial charge in [-0.05, 0) is 38.1 Å². The van der Waals surface area contributed by atoms with Crippen molar-refractivity contribution in [3.8, 4) is 5.75 Å². The molecule has 0 saturated carbocycles. The Balaban J connectivity index is 1.66. The molecule has 10 heteroatoms. The fourth-order valence-corrected chi connectivity index (χ4v) is 3.25. The van der Waals surface area contributed by atoms with Crippen molar-refractivity contribution in [1.29, 1.82) is 0 Å². The number of thioether (sulfide) groups is 1. The fourth-order valence-electron chi connectivity index (χ4n) is 2.37. The lowest BCUT2D eigenvalue weighted by Crippen LogP contribution is -2.23. The van der Waals surface area contributed by atoms with Crippen LogP contribution in [0.1, 0.15) is 18.5 Å². The van der Waals surface area contributed by atoms with Gasteiger partial charge in [-0.15, -0.1) is 16.8 Å². The van der Waals surface area contributed by atoms with Crippen LogP contribution < -0.4 is 10.1 Å². The van der Waals surface area contributed by atoms with Gasteiger partial charge in [0, 0.05) is 12.6 Å². The number of amides is 1. The van der Waals surface area contributed by atoms with Gasteiger partial charge in [0.2, 0.25) is 5.91 Å². The third-order valence-corrected chi connectivity index (χ3v) is 4.90. The zero-order valence-corrected chi connectivity index (χ0v) is 16.8.